The van der Waals surface area contributed by atoms with Crippen molar-refractivity contribution in [2.75, 3.05) is 0 Å². The summed E-state index contributed by atoms with van der Waals surface area (Å²) in [4.78, 5) is 8.11. The Bertz CT molecular complexity index is 523. The number of aromatic nitrogens is 2. The molecule has 3 rings (SSSR count). The molecule has 0 atom stereocenters. The third kappa shape index (κ3) is 4.05. The van der Waals surface area contributed by atoms with Gasteiger partial charge in [0.1, 0.15) is 0 Å². The summed E-state index contributed by atoms with van der Waals surface area (Å²) in [6, 6.07) is 5.83. The van der Waals surface area contributed by atoms with Crippen LogP contribution >= 0.6 is 0 Å². The normalized spacial score (nSPS) is 8.53. The van der Waals surface area contributed by atoms with E-state index in [0.29, 0.717) is 5.71 Å². The Morgan fingerprint density at radius 3 is 2.21 bits per heavy atom. The molecule has 0 bridgehead atoms. The zero-order valence-corrected chi connectivity index (χ0v) is 12.8. The highest BCUT2D eigenvalue weighted by Crippen LogP contribution is 2.25. The van der Waals surface area contributed by atoms with E-state index in [4.69, 9.17) is 4.42 Å². The molecular formula is C16H24N2O. The lowest BCUT2D eigenvalue weighted by Crippen LogP contribution is -1.69. The second-order valence-electron chi connectivity index (χ2n) is 2.83. The Hall–Kier alpha value is -1.90. The Labute approximate surface area is 115 Å². The van der Waals surface area contributed by atoms with Crippen LogP contribution in [0.5, 0.6) is 0 Å². The van der Waals surface area contributed by atoms with Gasteiger partial charge < -0.3 is 4.42 Å². The van der Waals surface area contributed by atoms with Gasteiger partial charge in [-0.3, -0.25) is 4.98 Å². The van der Waals surface area contributed by atoms with Crippen molar-refractivity contribution in [3.63, 3.8) is 0 Å². The second-order valence-corrected chi connectivity index (χ2v) is 2.83. The summed E-state index contributed by atoms with van der Waals surface area (Å²) in [5.74, 6) is 0. The van der Waals surface area contributed by atoms with Gasteiger partial charge in [0, 0.05) is 23.2 Å². The van der Waals surface area contributed by atoms with Crippen LogP contribution in [-0.4, -0.2) is 9.97 Å². The number of rotatable bonds is 0. The van der Waals surface area contributed by atoms with E-state index in [1.807, 2.05) is 59.7 Å². The third-order valence-electron chi connectivity index (χ3n) is 2.05. The highest BCUT2D eigenvalue weighted by molar-refractivity contribution is 6.02. The maximum Gasteiger partial charge on any atom is 0.227 e. The van der Waals surface area contributed by atoms with Crippen LogP contribution in [0, 0.1) is 0 Å². The van der Waals surface area contributed by atoms with Crippen LogP contribution < -0.4 is 0 Å². The lowest BCUT2D eigenvalue weighted by atomic mass is 10.2. The van der Waals surface area contributed by atoms with Crippen molar-refractivity contribution in [1.82, 2.24) is 9.97 Å². The summed E-state index contributed by atoms with van der Waals surface area (Å²) < 4.78 is 5.48. The number of hydrogen-bond donors (Lipinski definition) is 0. The van der Waals surface area contributed by atoms with Crippen molar-refractivity contribution in [2.45, 2.75) is 41.5 Å². The third-order valence-corrected chi connectivity index (χ3v) is 2.05. The van der Waals surface area contributed by atoms with Crippen molar-refractivity contribution in [2.24, 2.45) is 0 Å². The molecular weight excluding hydrogens is 236 g/mol. The number of pyridine rings is 2. The number of nitrogens with zero attached hydrogens (tertiary/aromatic N) is 2. The highest BCUT2D eigenvalue weighted by Gasteiger charge is 2.05. The second kappa shape index (κ2) is 10.1. The minimum absolute atomic E-state index is 0.672. The van der Waals surface area contributed by atoms with Gasteiger partial charge in [-0.15, -0.1) is 0 Å². The molecule has 0 N–H and O–H groups in total. The van der Waals surface area contributed by atoms with Crippen LogP contribution in [0.2, 0.25) is 0 Å². The van der Waals surface area contributed by atoms with E-state index in [2.05, 4.69) is 9.97 Å². The molecule has 3 heteroatoms. The standard InChI is InChI=1S/C10H6N2O.3C2H6/c1-2-8-7-3-5-11-6-9(7)13-10(8)12-4-1;3*1-2/h1-6H;3*1-2H3. The fourth-order valence-electron chi connectivity index (χ4n) is 1.47. The van der Waals surface area contributed by atoms with Crippen LogP contribution in [-0.2, 0) is 0 Å². The van der Waals surface area contributed by atoms with Crippen molar-refractivity contribution in [3.05, 3.63) is 36.8 Å². The smallest absolute Gasteiger partial charge is 0.227 e. The molecule has 0 saturated heterocycles. The molecule has 0 radical (unpaired) electrons. The van der Waals surface area contributed by atoms with E-state index in [1.165, 1.54) is 0 Å². The van der Waals surface area contributed by atoms with Crippen LogP contribution in [0.1, 0.15) is 41.5 Å². The summed E-state index contributed by atoms with van der Waals surface area (Å²) in [7, 11) is 0. The molecule has 0 spiro atoms. The summed E-state index contributed by atoms with van der Waals surface area (Å²) in [5.41, 5.74) is 1.46. The van der Waals surface area contributed by atoms with E-state index < -0.39 is 0 Å². The van der Waals surface area contributed by atoms with Gasteiger partial charge in [0.15, 0.2) is 5.58 Å². The van der Waals surface area contributed by atoms with Gasteiger partial charge in [0.05, 0.1) is 6.20 Å². The molecule has 0 aliphatic carbocycles. The first-order valence-electron chi connectivity index (χ1n) is 7.02. The van der Waals surface area contributed by atoms with Crippen molar-refractivity contribution in [1.29, 1.82) is 0 Å². The average molecular weight is 260 g/mol. The molecule has 104 valence electrons. The van der Waals surface area contributed by atoms with Crippen molar-refractivity contribution < 1.29 is 4.42 Å². The molecule has 19 heavy (non-hydrogen) atoms. The van der Waals surface area contributed by atoms with Gasteiger partial charge in [-0.05, 0) is 18.2 Å². The molecule has 0 fully saturated rings. The minimum atomic E-state index is 0.672. The molecule has 3 nitrogen and oxygen atoms in total. The van der Waals surface area contributed by atoms with Crippen LogP contribution in [0.25, 0.3) is 22.1 Å². The topological polar surface area (TPSA) is 38.9 Å². The molecule has 0 amide bonds. The van der Waals surface area contributed by atoms with E-state index >= 15 is 0 Å². The molecule has 0 saturated carbocycles. The Morgan fingerprint density at radius 2 is 1.53 bits per heavy atom. The van der Waals surface area contributed by atoms with Gasteiger partial charge in [-0.2, -0.15) is 0 Å². The first-order chi connectivity index (χ1) is 9.45. The Kier molecular flexibility index (Phi) is 9.06. The SMILES string of the molecule is CC.CC.CC.c1cnc2oc3cnccc3c2c1. The Balaban J connectivity index is 0.000000482. The largest absolute Gasteiger partial charge is 0.436 e. The van der Waals surface area contributed by atoms with Crippen molar-refractivity contribution in [3.8, 4) is 0 Å². The van der Waals surface area contributed by atoms with Crippen molar-refractivity contribution >= 4 is 22.1 Å². The molecule has 0 aromatic carbocycles. The predicted octanol–water partition coefficient (Wildman–Crippen LogP) is 5.45. The number of furan rings is 1. The van der Waals surface area contributed by atoms with E-state index in [-0.39, 0.29) is 0 Å². The predicted molar refractivity (Wildman–Crippen MR) is 83.4 cm³/mol. The summed E-state index contributed by atoms with van der Waals surface area (Å²) >= 11 is 0. The summed E-state index contributed by atoms with van der Waals surface area (Å²) in [6.07, 6.45) is 5.18. The maximum absolute atomic E-state index is 5.48. The zero-order valence-electron chi connectivity index (χ0n) is 12.8. The van der Waals surface area contributed by atoms with Crippen LogP contribution in [0.15, 0.2) is 41.2 Å². The summed E-state index contributed by atoms with van der Waals surface area (Å²) in [5, 5.41) is 2.11. The van der Waals surface area contributed by atoms with Gasteiger partial charge in [0.25, 0.3) is 0 Å². The molecule has 0 aliphatic heterocycles. The van der Waals surface area contributed by atoms with Gasteiger partial charge in [-0.1, -0.05) is 41.5 Å². The summed E-state index contributed by atoms with van der Waals surface area (Å²) in [6.45, 7) is 12.0. The van der Waals surface area contributed by atoms with E-state index in [1.54, 1.807) is 18.6 Å². The lowest BCUT2D eigenvalue weighted by molar-refractivity contribution is 0.652. The number of hydrogen-bond acceptors (Lipinski definition) is 3. The highest BCUT2D eigenvalue weighted by atomic mass is 16.3. The Morgan fingerprint density at radius 1 is 0.842 bits per heavy atom. The molecule has 3 aromatic rings. The number of fused-ring (bicyclic) bond motifs is 3. The van der Waals surface area contributed by atoms with Gasteiger partial charge >= 0.3 is 0 Å². The first-order valence-corrected chi connectivity index (χ1v) is 7.02. The van der Waals surface area contributed by atoms with Crippen LogP contribution in [0.4, 0.5) is 0 Å². The van der Waals surface area contributed by atoms with Crippen LogP contribution in [0.3, 0.4) is 0 Å². The lowest BCUT2D eigenvalue weighted by Gasteiger charge is -1.84. The first kappa shape index (κ1) is 17.1. The quantitative estimate of drug-likeness (QED) is 0.539. The van der Waals surface area contributed by atoms with Gasteiger partial charge in [-0.25, -0.2) is 4.98 Å². The molecule has 0 unspecified atom stereocenters. The fourth-order valence-corrected chi connectivity index (χ4v) is 1.47. The zero-order chi connectivity index (χ0) is 14.7. The monoisotopic (exact) mass is 260 g/mol. The molecule has 3 heterocycles. The fraction of sp³-hybridized carbons (Fsp3) is 0.375. The molecule has 0 aliphatic rings. The van der Waals surface area contributed by atoms with E-state index in [0.717, 1.165) is 16.4 Å². The molecule has 3 aromatic heterocycles. The minimum Gasteiger partial charge on any atom is -0.436 e. The van der Waals surface area contributed by atoms with Gasteiger partial charge in [0.2, 0.25) is 5.71 Å². The average Bonchev–Trinajstić information content (AvgIpc) is 2.92. The maximum atomic E-state index is 5.48. The van der Waals surface area contributed by atoms with E-state index in [9.17, 15) is 0 Å².